The minimum absolute atomic E-state index is 0.0115. The fourth-order valence-corrected chi connectivity index (χ4v) is 3.86. The Morgan fingerprint density at radius 3 is 2.41 bits per heavy atom. The van der Waals surface area contributed by atoms with Crippen molar-refractivity contribution in [1.29, 1.82) is 0 Å². The van der Waals surface area contributed by atoms with Gasteiger partial charge in [0.1, 0.15) is 5.75 Å². The van der Waals surface area contributed by atoms with Gasteiger partial charge in [0.25, 0.3) is 5.56 Å². The van der Waals surface area contributed by atoms with Crippen molar-refractivity contribution in [3.05, 3.63) is 117 Å². The van der Waals surface area contributed by atoms with Gasteiger partial charge in [0.2, 0.25) is 0 Å². The summed E-state index contributed by atoms with van der Waals surface area (Å²) in [6, 6.07) is 19.7. The van der Waals surface area contributed by atoms with Crippen molar-refractivity contribution in [3.63, 3.8) is 0 Å². The number of fused-ring (bicyclic) bond motifs is 1. The minimum Gasteiger partial charge on any atom is -0.424 e. The van der Waals surface area contributed by atoms with E-state index in [1.807, 2.05) is 0 Å². The molecule has 3 aromatic carbocycles. The monoisotopic (exact) mass is 514 g/mol. The van der Waals surface area contributed by atoms with Crippen molar-refractivity contribution in [1.82, 2.24) is 19.5 Å². The van der Waals surface area contributed by atoms with Crippen LogP contribution in [0.15, 0.2) is 94.8 Å². The van der Waals surface area contributed by atoms with Crippen LogP contribution in [0.2, 0.25) is 5.02 Å². The summed E-state index contributed by atoms with van der Waals surface area (Å²) >= 11 is 5.95. The second-order valence-electron chi connectivity index (χ2n) is 7.95. The lowest BCUT2D eigenvalue weighted by molar-refractivity contribution is 0.262. The molecule has 184 valence electrons. The molecule has 0 aliphatic rings. The molecule has 37 heavy (non-hydrogen) atoms. The van der Waals surface area contributed by atoms with Crippen LogP contribution in [-0.4, -0.2) is 25.6 Å². The van der Waals surface area contributed by atoms with E-state index >= 15 is 0 Å². The van der Waals surface area contributed by atoms with Crippen molar-refractivity contribution < 1.29 is 9.53 Å². The smallest absolute Gasteiger partial charge is 0.329 e. The summed E-state index contributed by atoms with van der Waals surface area (Å²) in [5, 5.41) is 6.19. The number of aromatic amines is 1. The number of nitrogens with one attached hydrogen (secondary N) is 3. The van der Waals surface area contributed by atoms with E-state index in [0.29, 0.717) is 33.2 Å². The molecule has 0 radical (unpaired) electrons. The average molecular weight is 515 g/mol. The lowest BCUT2D eigenvalue weighted by atomic mass is 10.2. The van der Waals surface area contributed by atoms with E-state index < -0.39 is 17.3 Å². The van der Waals surface area contributed by atoms with Gasteiger partial charge in [-0.15, -0.1) is 0 Å². The molecule has 0 saturated carbocycles. The number of urea groups is 1. The number of hydrogen-bond acceptors (Lipinski definition) is 6. The number of rotatable bonds is 6. The number of carbonyl (C=O) groups is 1. The summed E-state index contributed by atoms with van der Waals surface area (Å²) < 4.78 is 6.70. The molecule has 0 aliphatic heterocycles. The molecule has 10 nitrogen and oxygen atoms in total. The SMILES string of the molecule is O=C(Nc1cccc(Cl)c1)Nc1cccc(Cn2c(=O)[nH]c3ccc(Oc4ncccn4)cc3c2=O)c1. The molecular formula is C26H19ClN6O4. The van der Waals surface area contributed by atoms with Gasteiger partial charge in [0.05, 0.1) is 17.4 Å². The maximum Gasteiger partial charge on any atom is 0.329 e. The number of hydrogen-bond donors (Lipinski definition) is 3. The molecule has 5 rings (SSSR count). The quantitative estimate of drug-likeness (QED) is 0.303. The number of nitrogens with zero attached hydrogens (tertiary/aromatic N) is 3. The highest BCUT2D eigenvalue weighted by molar-refractivity contribution is 6.30. The predicted molar refractivity (Wildman–Crippen MR) is 141 cm³/mol. The average Bonchev–Trinajstić information content (AvgIpc) is 2.88. The number of H-pyrrole nitrogens is 1. The first-order valence-electron chi connectivity index (χ1n) is 11.1. The Morgan fingerprint density at radius 2 is 1.65 bits per heavy atom. The number of benzene rings is 3. The molecule has 3 N–H and O–H groups in total. The lowest BCUT2D eigenvalue weighted by Crippen LogP contribution is -2.35. The Morgan fingerprint density at radius 1 is 0.919 bits per heavy atom. The fraction of sp³-hybridized carbons (Fsp3) is 0.0385. The largest absolute Gasteiger partial charge is 0.424 e. The van der Waals surface area contributed by atoms with Gasteiger partial charge in [0, 0.05) is 28.8 Å². The fourth-order valence-electron chi connectivity index (χ4n) is 3.67. The summed E-state index contributed by atoms with van der Waals surface area (Å²) in [7, 11) is 0. The summed E-state index contributed by atoms with van der Waals surface area (Å²) in [5.41, 5.74) is 0.988. The highest BCUT2D eigenvalue weighted by atomic mass is 35.5. The molecule has 0 unspecified atom stereocenters. The molecular weight excluding hydrogens is 496 g/mol. The van der Waals surface area contributed by atoms with E-state index in [1.54, 1.807) is 66.7 Å². The Hall–Kier alpha value is -4.96. The van der Waals surface area contributed by atoms with Gasteiger partial charge in [-0.1, -0.05) is 29.8 Å². The van der Waals surface area contributed by atoms with Crippen molar-refractivity contribution >= 4 is 39.9 Å². The third-order valence-electron chi connectivity index (χ3n) is 5.31. The van der Waals surface area contributed by atoms with Crippen LogP contribution in [0.5, 0.6) is 11.8 Å². The highest BCUT2D eigenvalue weighted by Gasteiger charge is 2.11. The van der Waals surface area contributed by atoms with E-state index in [2.05, 4.69) is 25.6 Å². The molecule has 2 amide bonds. The van der Waals surface area contributed by atoms with E-state index in [4.69, 9.17) is 16.3 Å². The molecule has 0 atom stereocenters. The first kappa shape index (κ1) is 23.8. The Bertz CT molecular complexity index is 1720. The molecule has 0 fully saturated rings. The summed E-state index contributed by atoms with van der Waals surface area (Å²) in [5.74, 6) is 0.353. The van der Waals surface area contributed by atoms with Gasteiger partial charge >= 0.3 is 17.7 Å². The molecule has 2 aromatic heterocycles. The van der Waals surface area contributed by atoms with Crippen LogP contribution >= 0.6 is 11.6 Å². The summed E-state index contributed by atoms with van der Waals surface area (Å²) in [4.78, 5) is 49.0. The van der Waals surface area contributed by atoms with Gasteiger partial charge < -0.3 is 20.4 Å². The number of carbonyl (C=O) groups excluding carboxylic acids is 1. The highest BCUT2D eigenvalue weighted by Crippen LogP contribution is 2.21. The molecule has 0 spiro atoms. The first-order valence-corrected chi connectivity index (χ1v) is 11.5. The zero-order valence-electron chi connectivity index (χ0n) is 19.1. The van der Waals surface area contributed by atoms with Crippen LogP contribution < -0.4 is 26.6 Å². The van der Waals surface area contributed by atoms with Crippen molar-refractivity contribution in [2.24, 2.45) is 0 Å². The third-order valence-corrected chi connectivity index (χ3v) is 5.55. The predicted octanol–water partition coefficient (Wildman–Crippen LogP) is 4.62. The van der Waals surface area contributed by atoms with Gasteiger partial charge in [-0.25, -0.2) is 19.6 Å². The van der Waals surface area contributed by atoms with Gasteiger partial charge in [-0.05, 0) is 60.2 Å². The van der Waals surface area contributed by atoms with Crippen LogP contribution in [0, 0.1) is 0 Å². The van der Waals surface area contributed by atoms with Gasteiger partial charge in [-0.2, -0.15) is 0 Å². The van der Waals surface area contributed by atoms with Gasteiger partial charge in [0.15, 0.2) is 0 Å². The number of anilines is 2. The summed E-state index contributed by atoms with van der Waals surface area (Å²) in [6.07, 6.45) is 3.08. The number of ether oxygens (including phenoxy) is 1. The van der Waals surface area contributed by atoms with Crippen molar-refractivity contribution in [2.75, 3.05) is 10.6 Å². The van der Waals surface area contributed by atoms with Crippen LogP contribution in [-0.2, 0) is 6.54 Å². The van der Waals surface area contributed by atoms with E-state index in [9.17, 15) is 14.4 Å². The van der Waals surface area contributed by atoms with Crippen LogP contribution in [0.1, 0.15) is 5.56 Å². The molecule has 0 aliphatic carbocycles. The Kier molecular flexibility index (Phi) is 6.64. The molecule has 0 bridgehead atoms. The Labute approximate surface area is 214 Å². The topological polar surface area (TPSA) is 131 Å². The zero-order valence-corrected chi connectivity index (χ0v) is 19.9. The zero-order chi connectivity index (χ0) is 25.8. The van der Waals surface area contributed by atoms with Crippen LogP contribution in [0.4, 0.5) is 16.2 Å². The molecule has 11 heteroatoms. The minimum atomic E-state index is -0.561. The second kappa shape index (κ2) is 10.3. The van der Waals surface area contributed by atoms with Gasteiger partial charge in [-0.3, -0.25) is 9.36 Å². The first-order chi connectivity index (χ1) is 17.9. The number of amides is 2. The summed E-state index contributed by atoms with van der Waals surface area (Å²) in [6.45, 7) is -0.0115. The normalized spacial score (nSPS) is 10.7. The standard InChI is InChI=1S/C26H19ClN6O4/c27-17-5-2-7-19(13-17)31-24(35)30-18-6-1-4-16(12-18)15-33-23(34)21-14-20(8-9-22(21)32-26(33)36)37-25-28-10-3-11-29-25/h1-14H,15H2,(H,32,36)(H2,30,31,35). The van der Waals surface area contributed by atoms with Crippen molar-refractivity contribution in [3.8, 4) is 11.8 Å². The van der Waals surface area contributed by atoms with Crippen molar-refractivity contribution in [2.45, 2.75) is 6.54 Å². The maximum atomic E-state index is 13.2. The van der Waals surface area contributed by atoms with Crippen LogP contribution in [0.25, 0.3) is 10.9 Å². The Balaban J connectivity index is 1.37. The second-order valence-corrected chi connectivity index (χ2v) is 8.39. The molecule has 0 saturated heterocycles. The number of halogens is 1. The van der Waals surface area contributed by atoms with Crippen LogP contribution in [0.3, 0.4) is 0 Å². The van der Waals surface area contributed by atoms with E-state index in [0.717, 1.165) is 4.57 Å². The lowest BCUT2D eigenvalue weighted by Gasteiger charge is -2.11. The maximum absolute atomic E-state index is 13.2. The number of aromatic nitrogens is 4. The third kappa shape index (κ3) is 5.65. The van der Waals surface area contributed by atoms with E-state index in [-0.39, 0.29) is 17.9 Å². The molecule has 5 aromatic rings. The molecule has 2 heterocycles. The van der Waals surface area contributed by atoms with E-state index in [1.165, 1.54) is 18.5 Å².